The maximum absolute atomic E-state index is 12.7. The zero-order chi connectivity index (χ0) is 26.0. The third-order valence-corrected chi connectivity index (χ3v) is 5.15. The van der Waals surface area contributed by atoms with Gasteiger partial charge >= 0.3 is 11.9 Å². The minimum absolute atomic E-state index is 0.0332. The van der Waals surface area contributed by atoms with Gasteiger partial charge in [-0.2, -0.15) is 12.6 Å². The molecule has 0 aromatic heterocycles. The highest BCUT2D eigenvalue weighted by molar-refractivity contribution is 7.80. The molecule has 0 fully saturated rings. The molecule has 34 heavy (non-hydrogen) atoms. The van der Waals surface area contributed by atoms with Gasteiger partial charge in [0.2, 0.25) is 17.7 Å². The number of aromatic hydroxyl groups is 1. The number of benzene rings is 1. The van der Waals surface area contributed by atoms with Crippen molar-refractivity contribution in [1.82, 2.24) is 16.0 Å². The minimum atomic E-state index is -1.55. The van der Waals surface area contributed by atoms with Gasteiger partial charge in [0.25, 0.3) is 0 Å². The highest BCUT2D eigenvalue weighted by Gasteiger charge is 2.31. The summed E-state index contributed by atoms with van der Waals surface area (Å²) in [6.07, 6.45) is -0.727. The summed E-state index contributed by atoms with van der Waals surface area (Å²) in [4.78, 5) is 60.1. The summed E-state index contributed by atoms with van der Waals surface area (Å²) in [5, 5.41) is 34.5. The molecule has 1 aromatic rings. The summed E-state index contributed by atoms with van der Waals surface area (Å²) in [5.41, 5.74) is 6.50. The fourth-order valence-corrected chi connectivity index (χ4v) is 3.13. The number of hydrogen-bond acceptors (Lipinski definition) is 8. The van der Waals surface area contributed by atoms with Crippen LogP contribution in [0.2, 0.25) is 0 Å². The zero-order valence-corrected chi connectivity index (χ0v) is 19.6. The quantitative estimate of drug-likeness (QED) is 0.154. The lowest BCUT2D eigenvalue weighted by Gasteiger charge is -2.24. The van der Waals surface area contributed by atoms with E-state index in [2.05, 4.69) is 28.6 Å². The summed E-state index contributed by atoms with van der Waals surface area (Å²) in [6, 6.07) is 0.776. The van der Waals surface area contributed by atoms with Crippen LogP contribution in [0.25, 0.3) is 0 Å². The number of phenolic OH excluding ortho intramolecular Hbond substituents is 1. The van der Waals surface area contributed by atoms with Gasteiger partial charge in [-0.15, -0.1) is 0 Å². The van der Waals surface area contributed by atoms with E-state index in [0.717, 1.165) is 0 Å². The SMILES string of the molecule is CC(C)C(NC(=O)C(CS)NC(=O)C(CC(=O)O)NC(=O)C(N)Cc1ccc(O)cc1)C(=O)O. The Morgan fingerprint density at radius 3 is 1.91 bits per heavy atom. The maximum Gasteiger partial charge on any atom is 0.326 e. The third-order valence-electron chi connectivity index (χ3n) is 4.79. The van der Waals surface area contributed by atoms with Crippen LogP contribution in [-0.2, 0) is 30.4 Å². The van der Waals surface area contributed by atoms with Crippen molar-refractivity contribution in [3.05, 3.63) is 29.8 Å². The number of rotatable bonds is 13. The average Bonchev–Trinajstić information content (AvgIpc) is 2.75. The molecule has 188 valence electrons. The Hall–Kier alpha value is -3.32. The maximum atomic E-state index is 12.7. The van der Waals surface area contributed by atoms with Gasteiger partial charge in [-0.05, 0) is 30.0 Å². The number of phenols is 1. The smallest absolute Gasteiger partial charge is 0.326 e. The van der Waals surface area contributed by atoms with Crippen LogP contribution in [0.5, 0.6) is 5.75 Å². The molecule has 1 rings (SSSR count). The van der Waals surface area contributed by atoms with Crippen LogP contribution >= 0.6 is 12.6 Å². The van der Waals surface area contributed by atoms with Gasteiger partial charge in [0, 0.05) is 5.75 Å². The van der Waals surface area contributed by atoms with Crippen molar-refractivity contribution in [2.45, 2.75) is 50.9 Å². The molecule has 0 aliphatic carbocycles. The van der Waals surface area contributed by atoms with Crippen LogP contribution in [0, 0.1) is 5.92 Å². The second-order valence-electron chi connectivity index (χ2n) is 7.95. The Kier molecular flexibility index (Phi) is 11.3. The molecule has 1 aromatic carbocycles. The Balaban J connectivity index is 2.86. The first-order valence-electron chi connectivity index (χ1n) is 10.4. The van der Waals surface area contributed by atoms with Gasteiger partial charge in [-0.25, -0.2) is 4.79 Å². The number of amides is 3. The largest absolute Gasteiger partial charge is 0.508 e. The van der Waals surface area contributed by atoms with Crippen molar-refractivity contribution < 1.29 is 39.3 Å². The van der Waals surface area contributed by atoms with E-state index in [0.29, 0.717) is 5.56 Å². The number of nitrogens with one attached hydrogen (secondary N) is 3. The first kappa shape index (κ1) is 28.7. The Labute approximate surface area is 201 Å². The Morgan fingerprint density at radius 2 is 1.44 bits per heavy atom. The molecule has 0 aliphatic heterocycles. The topological polar surface area (TPSA) is 208 Å². The number of thiol groups is 1. The predicted octanol–water partition coefficient (Wildman–Crippen LogP) is -1.14. The zero-order valence-electron chi connectivity index (χ0n) is 18.7. The van der Waals surface area contributed by atoms with Crippen LogP contribution in [-0.4, -0.2) is 74.9 Å². The van der Waals surface area contributed by atoms with E-state index in [9.17, 15) is 34.2 Å². The summed E-state index contributed by atoms with van der Waals surface area (Å²) in [7, 11) is 0. The molecule has 13 heteroatoms. The van der Waals surface area contributed by atoms with Gasteiger partial charge < -0.3 is 37.0 Å². The molecule has 0 saturated heterocycles. The molecule has 0 aliphatic rings. The van der Waals surface area contributed by atoms with Crippen molar-refractivity contribution in [1.29, 1.82) is 0 Å². The fourth-order valence-electron chi connectivity index (χ4n) is 2.88. The van der Waals surface area contributed by atoms with E-state index in [4.69, 9.17) is 10.8 Å². The lowest BCUT2D eigenvalue weighted by molar-refractivity contribution is -0.144. The number of hydrogen-bond donors (Lipinski definition) is 8. The van der Waals surface area contributed by atoms with Crippen LogP contribution < -0.4 is 21.7 Å². The van der Waals surface area contributed by atoms with E-state index in [1.54, 1.807) is 26.0 Å². The Morgan fingerprint density at radius 1 is 0.912 bits per heavy atom. The van der Waals surface area contributed by atoms with E-state index in [-0.39, 0.29) is 17.9 Å². The Bertz CT molecular complexity index is 893. The van der Waals surface area contributed by atoms with Crippen LogP contribution in [0.4, 0.5) is 0 Å². The van der Waals surface area contributed by atoms with E-state index >= 15 is 0 Å². The van der Waals surface area contributed by atoms with Gasteiger partial charge in [0.05, 0.1) is 12.5 Å². The number of aliphatic carboxylic acids is 2. The first-order chi connectivity index (χ1) is 15.8. The molecule has 0 saturated carbocycles. The molecule has 0 radical (unpaired) electrons. The molecule has 4 unspecified atom stereocenters. The molecule has 12 nitrogen and oxygen atoms in total. The molecule has 0 heterocycles. The lowest BCUT2D eigenvalue weighted by Crippen LogP contribution is -2.58. The van der Waals surface area contributed by atoms with Crippen LogP contribution in [0.3, 0.4) is 0 Å². The molecule has 0 spiro atoms. The number of carbonyl (C=O) groups is 5. The summed E-state index contributed by atoms with van der Waals surface area (Å²) < 4.78 is 0. The highest BCUT2D eigenvalue weighted by Crippen LogP contribution is 2.11. The first-order valence-corrected chi connectivity index (χ1v) is 11.0. The van der Waals surface area contributed by atoms with Gasteiger partial charge in [0.15, 0.2) is 0 Å². The van der Waals surface area contributed by atoms with Crippen molar-refractivity contribution in [2.24, 2.45) is 11.7 Å². The van der Waals surface area contributed by atoms with E-state index in [1.165, 1.54) is 12.1 Å². The van der Waals surface area contributed by atoms with Gasteiger partial charge in [0.1, 0.15) is 23.9 Å². The molecule has 3 amide bonds. The molecule has 0 bridgehead atoms. The van der Waals surface area contributed by atoms with Crippen LogP contribution in [0.15, 0.2) is 24.3 Å². The molecular formula is C21H30N4O8S. The van der Waals surface area contributed by atoms with Crippen molar-refractivity contribution in [3.63, 3.8) is 0 Å². The van der Waals surface area contributed by atoms with E-state index < -0.39 is 66.2 Å². The summed E-state index contributed by atoms with van der Waals surface area (Å²) in [5.74, 6) is -5.86. The minimum Gasteiger partial charge on any atom is -0.508 e. The monoisotopic (exact) mass is 498 g/mol. The van der Waals surface area contributed by atoms with Crippen LogP contribution in [0.1, 0.15) is 25.8 Å². The molecule has 4 atom stereocenters. The fraction of sp³-hybridized carbons (Fsp3) is 0.476. The van der Waals surface area contributed by atoms with Crippen molar-refractivity contribution >= 4 is 42.3 Å². The number of nitrogens with two attached hydrogens (primary N) is 1. The molecular weight excluding hydrogens is 468 g/mol. The second-order valence-corrected chi connectivity index (χ2v) is 8.31. The highest BCUT2D eigenvalue weighted by atomic mass is 32.1. The number of carbonyl (C=O) groups excluding carboxylic acids is 3. The average molecular weight is 499 g/mol. The van der Waals surface area contributed by atoms with Crippen molar-refractivity contribution in [3.8, 4) is 5.75 Å². The second kappa shape index (κ2) is 13.4. The van der Waals surface area contributed by atoms with Crippen molar-refractivity contribution in [2.75, 3.05) is 5.75 Å². The third kappa shape index (κ3) is 9.27. The van der Waals surface area contributed by atoms with Gasteiger partial charge in [-0.1, -0.05) is 26.0 Å². The number of carboxylic acids is 2. The van der Waals surface area contributed by atoms with Gasteiger partial charge in [-0.3, -0.25) is 19.2 Å². The van der Waals surface area contributed by atoms with E-state index in [1.807, 2.05) is 0 Å². The lowest BCUT2D eigenvalue weighted by atomic mass is 10.0. The number of carboxylic acid groups (broad SMARTS) is 2. The standard InChI is InChI=1S/C21H30N4O8S/c1-10(2)17(21(32)33)25-20(31)15(9-34)24-19(30)14(8-16(27)28)23-18(29)13(22)7-11-3-5-12(26)6-4-11/h3-6,10,13-15,17,26,34H,7-9,22H2,1-2H3,(H,23,29)(H,24,30)(H,25,31)(H,27,28)(H,32,33). The normalized spacial score (nSPS) is 14.4. The summed E-state index contributed by atoms with van der Waals surface area (Å²) >= 11 is 3.99. The predicted molar refractivity (Wildman–Crippen MR) is 124 cm³/mol. The summed E-state index contributed by atoms with van der Waals surface area (Å²) in [6.45, 7) is 3.18. The molecule has 8 N–H and O–H groups in total.